The third-order valence-corrected chi connectivity index (χ3v) is 4.53. The van der Waals surface area contributed by atoms with Gasteiger partial charge in [-0.15, -0.1) is 0 Å². The monoisotopic (exact) mass is 269 g/mol. The van der Waals surface area contributed by atoms with Crippen molar-refractivity contribution in [3.8, 4) is 0 Å². The highest BCUT2D eigenvalue weighted by atomic mass is 16.5. The second-order valence-corrected chi connectivity index (χ2v) is 7.18. The van der Waals surface area contributed by atoms with Crippen molar-refractivity contribution in [2.45, 2.75) is 89.5 Å². The number of hydrogen-bond donors (Lipinski definition) is 2. The van der Waals surface area contributed by atoms with Gasteiger partial charge in [0.25, 0.3) is 0 Å². The van der Waals surface area contributed by atoms with Gasteiger partial charge in [-0.25, -0.2) is 0 Å². The fourth-order valence-corrected chi connectivity index (χ4v) is 3.40. The Morgan fingerprint density at radius 1 is 1.32 bits per heavy atom. The van der Waals surface area contributed by atoms with Gasteiger partial charge < -0.3 is 15.2 Å². The quantitative estimate of drug-likeness (QED) is 0.747. The van der Waals surface area contributed by atoms with Gasteiger partial charge in [0.2, 0.25) is 0 Å². The molecule has 2 saturated carbocycles. The highest BCUT2D eigenvalue weighted by Gasteiger charge is 2.34. The van der Waals surface area contributed by atoms with E-state index in [1.54, 1.807) is 0 Å². The molecule has 19 heavy (non-hydrogen) atoms. The Morgan fingerprint density at radius 2 is 2.05 bits per heavy atom. The molecule has 0 aromatic rings. The van der Waals surface area contributed by atoms with Gasteiger partial charge in [0, 0.05) is 11.6 Å². The fraction of sp³-hybridized carbons (Fsp3) is 1.00. The molecule has 0 aromatic carbocycles. The second kappa shape index (κ2) is 6.55. The van der Waals surface area contributed by atoms with Crippen molar-refractivity contribution in [1.29, 1.82) is 0 Å². The molecule has 2 fully saturated rings. The zero-order valence-corrected chi connectivity index (χ0v) is 12.8. The predicted molar refractivity (Wildman–Crippen MR) is 78.2 cm³/mol. The Balaban J connectivity index is 1.76. The van der Waals surface area contributed by atoms with E-state index < -0.39 is 0 Å². The molecule has 3 heteroatoms. The van der Waals surface area contributed by atoms with Crippen molar-refractivity contribution >= 4 is 0 Å². The number of hydrogen-bond acceptors (Lipinski definition) is 3. The molecule has 112 valence electrons. The summed E-state index contributed by atoms with van der Waals surface area (Å²) in [5, 5.41) is 13.2. The number of nitrogens with one attached hydrogen (secondary N) is 1. The second-order valence-electron chi connectivity index (χ2n) is 7.18. The molecular weight excluding hydrogens is 238 g/mol. The van der Waals surface area contributed by atoms with Gasteiger partial charge in [0.15, 0.2) is 0 Å². The molecular formula is C16H31NO2. The molecule has 2 N–H and O–H groups in total. The van der Waals surface area contributed by atoms with Crippen LogP contribution in [0.4, 0.5) is 0 Å². The topological polar surface area (TPSA) is 41.5 Å². The van der Waals surface area contributed by atoms with Crippen LogP contribution >= 0.6 is 0 Å². The van der Waals surface area contributed by atoms with E-state index in [0.717, 1.165) is 12.3 Å². The summed E-state index contributed by atoms with van der Waals surface area (Å²) in [7, 11) is 0. The third kappa shape index (κ3) is 5.05. The lowest BCUT2D eigenvalue weighted by Gasteiger charge is -2.35. The lowest BCUT2D eigenvalue weighted by molar-refractivity contribution is -0.0473. The van der Waals surface area contributed by atoms with Crippen LogP contribution < -0.4 is 5.32 Å². The minimum absolute atomic E-state index is 0.180. The smallest absolute Gasteiger partial charge is 0.0611 e. The lowest BCUT2D eigenvalue weighted by Crippen LogP contribution is -2.49. The van der Waals surface area contributed by atoms with Crippen LogP contribution in [-0.4, -0.2) is 35.5 Å². The van der Waals surface area contributed by atoms with E-state index in [1.807, 2.05) is 0 Å². The average molecular weight is 269 g/mol. The Bertz CT molecular complexity index is 280. The van der Waals surface area contributed by atoms with E-state index in [0.29, 0.717) is 12.1 Å². The molecule has 0 heterocycles. The molecule has 0 aliphatic heterocycles. The molecule has 2 rings (SSSR count). The summed E-state index contributed by atoms with van der Waals surface area (Å²) in [6.45, 7) is 6.79. The SMILES string of the molecule is CC1CCCC(OC(C)CC(C)(CO)NC2CC2)C1. The highest BCUT2D eigenvalue weighted by molar-refractivity contribution is 4.93. The van der Waals surface area contributed by atoms with Gasteiger partial charge in [0.1, 0.15) is 0 Å². The summed E-state index contributed by atoms with van der Waals surface area (Å²) >= 11 is 0. The van der Waals surface area contributed by atoms with E-state index in [2.05, 4.69) is 26.1 Å². The van der Waals surface area contributed by atoms with Crippen LogP contribution in [0.1, 0.15) is 65.7 Å². The molecule has 3 nitrogen and oxygen atoms in total. The third-order valence-electron chi connectivity index (χ3n) is 4.53. The van der Waals surface area contributed by atoms with Crippen LogP contribution in [0, 0.1) is 5.92 Å². The van der Waals surface area contributed by atoms with E-state index >= 15 is 0 Å². The van der Waals surface area contributed by atoms with Gasteiger partial charge in [-0.1, -0.05) is 19.8 Å². The van der Waals surface area contributed by atoms with Gasteiger partial charge in [-0.3, -0.25) is 0 Å². The Kier molecular flexibility index (Phi) is 5.27. The van der Waals surface area contributed by atoms with Crippen LogP contribution in [-0.2, 0) is 4.74 Å². The van der Waals surface area contributed by atoms with Gasteiger partial charge in [-0.2, -0.15) is 0 Å². The summed E-state index contributed by atoms with van der Waals surface area (Å²) in [4.78, 5) is 0. The Hall–Kier alpha value is -0.120. The first-order chi connectivity index (χ1) is 9.00. The fourth-order valence-electron chi connectivity index (χ4n) is 3.40. The van der Waals surface area contributed by atoms with Gasteiger partial charge >= 0.3 is 0 Å². The van der Waals surface area contributed by atoms with Crippen molar-refractivity contribution in [1.82, 2.24) is 5.32 Å². The van der Waals surface area contributed by atoms with E-state index in [4.69, 9.17) is 4.74 Å². The summed E-state index contributed by atoms with van der Waals surface area (Å²) in [6, 6.07) is 0.624. The molecule has 0 bridgehead atoms. The maximum absolute atomic E-state index is 9.64. The molecule has 4 atom stereocenters. The molecule has 0 amide bonds. The first-order valence-electron chi connectivity index (χ1n) is 8.05. The molecule has 0 aromatic heterocycles. The van der Waals surface area contributed by atoms with Crippen LogP contribution in [0.5, 0.6) is 0 Å². The maximum atomic E-state index is 9.64. The predicted octanol–water partition coefficient (Wildman–Crippen LogP) is 2.86. The van der Waals surface area contributed by atoms with Crippen LogP contribution in [0.3, 0.4) is 0 Å². The van der Waals surface area contributed by atoms with Crippen molar-refractivity contribution in [2.75, 3.05) is 6.61 Å². The Labute approximate surface area is 118 Å². The summed E-state index contributed by atoms with van der Waals surface area (Å²) in [5.74, 6) is 0.805. The van der Waals surface area contributed by atoms with Crippen molar-refractivity contribution in [3.63, 3.8) is 0 Å². The van der Waals surface area contributed by atoms with Crippen LogP contribution in [0.2, 0.25) is 0 Å². The van der Waals surface area contributed by atoms with E-state index in [-0.39, 0.29) is 18.2 Å². The van der Waals surface area contributed by atoms with Crippen LogP contribution in [0.25, 0.3) is 0 Å². The molecule has 0 radical (unpaired) electrons. The molecule has 0 spiro atoms. The summed E-state index contributed by atoms with van der Waals surface area (Å²) < 4.78 is 6.21. The largest absolute Gasteiger partial charge is 0.394 e. The van der Waals surface area contributed by atoms with E-state index in [1.165, 1.54) is 38.5 Å². The standard InChI is InChI=1S/C16H31NO2/c1-12-5-4-6-15(9-12)19-13(2)10-16(3,11-18)17-14-7-8-14/h12-15,17-18H,4-11H2,1-3H3. The molecule has 2 aliphatic rings. The average Bonchev–Trinajstić information content (AvgIpc) is 3.12. The number of ether oxygens (including phenoxy) is 1. The summed E-state index contributed by atoms with van der Waals surface area (Å²) in [5.41, 5.74) is -0.180. The van der Waals surface area contributed by atoms with Gasteiger partial charge in [-0.05, 0) is 51.9 Å². The zero-order valence-electron chi connectivity index (χ0n) is 12.8. The normalized spacial score (nSPS) is 32.8. The number of rotatable bonds is 7. The summed E-state index contributed by atoms with van der Waals surface area (Å²) in [6.07, 6.45) is 9.13. The van der Waals surface area contributed by atoms with Crippen LogP contribution in [0.15, 0.2) is 0 Å². The first-order valence-corrected chi connectivity index (χ1v) is 8.05. The van der Waals surface area contributed by atoms with Crippen molar-refractivity contribution in [3.05, 3.63) is 0 Å². The first kappa shape index (κ1) is 15.3. The highest BCUT2D eigenvalue weighted by Crippen LogP contribution is 2.29. The zero-order chi connectivity index (χ0) is 13.9. The molecule has 0 saturated heterocycles. The number of aliphatic hydroxyl groups is 1. The Morgan fingerprint density at radius 3 is 2.63 bits per heavy atom. The molecule has 4 unspecified atom stereocenters. The lowest BCUT2D eigenvalue weighted by atomic mass is 9.88. The van der Waals surface area contributed by atoms with Crippen molar-refractivity contribution < 1.29 is 9.84 Å². The van der Waals surface area contributed by atoms with E-state index in [9.17, 15) is 5.11 Å². The minimum atomic E-state index is -0.180. The van der Waals surface area contributed by atoms with Gasteiger partial charge in [0.05, 0.1) is 18.8 Å². The minimum Gasteiger partial charge on any atom is -0.394 e. The number of aliphatic hydroxyl groups excluding tert-OH is 1. The maximum Gasteiger partial charge on any atom is 0.0611 e. The molecule has 2 aliphatic carbocycles. The van der Waals surface area contributed by atoms with Crippen molar-refractivity contribution in [2.24, 2.45) is 5.92 Å².